The summed E-state index contributed by atoms with van der Waals surface area (Å²) in [6.45, 7) is 6.07. The fraction of sp³-hybridized carbons (Fsp3) is 0.318. The second-order valence-corrected chi connectivity index (χ2v) is 7.69. The lowest BCUT2D eigenvalue weighted by Crippen LogP contribution is -2.30. The normalized spacial score (nSPS) is 15.9. The van der Waals surface area contributed by atoms with Gasteiger partial charge in [-0.05, 0) is 54.7 Å². The van der Waals surface area contributed by atoms with Crippen molar-refractivity contribution in [3.8, 4) is 5.75 Å². The Balaban J connectivity index is 1.89. The molecule has 2 aromatic heterocycles. The number of fused-ring (bicyclic) bond motifs is 1. The van der Waals surface area contributed by atoms with Crippen LogP contribution in [-0.2, 0) is 6.42 Å². The van der Waals surface area contributed by atoms with Crippen molar-refractivity contribution in [2.24, 2.45) is 5.92 Å². The van der Waals surface area contributed by atoms with E-state index in [-0.39, 0.29) is 11.7 Å². The van der Waals surface area contributed by atoms with E-state index in [1.807, 2.05) is 6.92 Å². The van der Waals surface area contributed by atoms with Gasteiger partial charge in [-0.3, -0.25) is 14.8 Å². The van der Waals surface area contributed by atoms with Crippen molar-refractivity contribution in [1.82, 2.24) is 15.2 Å². The van der Waals surface area contributed by atoms with Crippen LogP contribution in [-0.4, -0.2) is 28.2 Å². The minimum Gasteiger partial charge on any atom is -0.495 e. The number of aryl methyl sites for hydroxylation is 1. The van der Waals surface area contributed by atoms with Crippen LogP contribution in [0, 0.1) is 18.7 Å². The Bertz CT molecular complexity index is 1060. The molecule has 1 atom stereocenters. The number of ether oxygens (including phenoxy) is 1. The molecule has 6 nitrogen and oxygen atoms in total. The van der Waals surface area contributed by atoms with E-state index in [1.54, 1.807) is 36.4 Å². The average molecular weight is 394 g/mol. The number of benzene rings is 1. The first kappa shape index (κ1) is 19.1. The average Bonchev–Trinajstić information content (AvgIpc) is 3.21. The van der Waals surface area contributed by atoms with Gasteiger partial charge in [0.25, 0.3) is 5.91 Å². The van der Waals surface area contributed by atoms with Gasteiger partial charge in [0.2, 0.25) is 0 Å². The molecule has 29 heavy (non-hydrogen) atoms. The number of carbonyl (C=O) groups is 1. The maximum absolute atomic E-state index is 13.8. The monoisotopic (exact) mass is 394 g/mol. The van der Waals surface area contributed by atoms with Crippen LogP contribution in [0.15, 0.2) is 36.5 Å². The summed E-state index contributed by atoms with van der Waals surface area (Å²) in [4.78, 5) is 19.4. The van der Waals surface area contributed by atoms with Gasteiger partial charge in [-0.15, -0.1) is 0 Å². The largest absolute Gasteiger partial charge is 0.495 e. The van der Waals surface area contributed by atoms with Crippen molar-refractivity contribution in [1.29, 1.82) is 0 Å². The number of aromatic nitrogens is 3. The van der Waals surface area contributed by atoms with Crippen molar-refractivity contribution in [3.05, 3.63) is 70.4 Å². The highest BCUT2D eigenvalue weighted by Crippen LogP contribution is 2.43. The molecule has 4 rings (SSSR count). The maximum atomic E-state index is 13.8. The van der Waals surface area contributed by atoms with Gasteiger partial charge in [-0.25, -0.2) is 9.37 Å². The third kappa shape index (κ3) is 3.26. The van der Waals surface area contributed by atoms with E-state index >= 15 is 0 Å². The minimum absolute atomic E-state index is 0.200. The highest BCUT2D eigenvalue weighted by Gasteiger charge is 2.43. The molecule has 0 radical (unpaired) electrons. The molecule has 1 amide bonds. The van der Waals surface area contributed by atoms with Gasteiger partial charge in [0.05, 0.1) is 25.0 Å². The molecule has 1 aliphatic rings. The molecule has 0 saturated heterocycles. The van der Waals surface area contributed by atoms with E-state index in [4.69, 9.17) is 4.74 Å². The zero-order chi connectivity index (χ0) is 20.7. The van der Waals surface area contributed by atoms with Crippen LogP contribution in [0.5, 0.6) is 5.75 Å². The summed E-state index contributed by atoms with van der Waals surface area (Å²) in [6, 6.07) is 7.74. The molecule has 1 unspecified atom stereocenters. The lowest BCUT2D eigenvalue weighted by Gasteiger charge is -2.27. The van der Waals surface area contributed by atoms with Crippen molar-refractivity contribution in [2.45, 2.75) is 33.2 Å². The summed E-state index contributed by atoms with van der Waals surface area (Å²) < 4.78 is 19.0. The third-order valence-corrected chi connectivity index (χ3v) is 5.18. The standard InChI is InChI=1S/C22H23FN4O2/c1-12(2)9-17-19-20(26-25-17)22(28)27(18-8-6-15(29-4)11-24-18)21(19)16-7-5-14(23)10-13(16)3/h5-8,10-12,21H,9H2,1-4H3,(H,25,26). The fourth-order valence-electron chi connectivity index (χ4n) is 3.87. The Morgan fingerprint density at radius 1 is 1.28 bits per heavy atom. The fourth-order valence-corrected chi connectivity index (χ4v) is 3.87. The van der Waals surface area contributed by atoms with Crippen LogP contribution in [0.1, 0.15) is 52.8 Å². The van der Waals surface area contributed by atoms with Crippen LogP contribution >= 0.6 is 0 Å². The first-order chi connectivity index (χ1) is 13.9. The number of halogens is 1. The molecule has 0 bridgehead atoms. The lowest BCUT2D eigenvalue weighted by molar-refractivity contribution is 0.0988. The quantitative estimate of drug-likeness (QED) is 0.704. The predicted molar refractivity (Wildman–Crippen MR) is 108 cm³/mol. The molecule has 0 saturated carbocycles. The summed E-state index contributed by atoms with van der Waals surface area (Å²) in [5.41, 5.74) is 3.78. The Morgan fingerprint density at radius 2 is 2.07 bits per heavy atom. The number of amides is 1. The molecular weight excluding hydrogens is 371 g/mol. The van der Waals surface area contributed by atoms with Crippen LogP contribution in [0.3, 0.4) is 0 Å². The van der Waals surface area contributed by atoms with Crippen molar-refractivity contribution >= 4 is 11.7 Å². The van der Waals surface area contributed by atoms with E-state index in [9.17, 15) is 9.18 Å². The zero-order valence-corrected chi connectivity index (χ0v) is 16.9. The zero-order valence-electron chi connectivity index (χ0n) is 16.9. The number of carbonyl (C=O) groups excluding carboxylic acids is 1. The molecule has 3 heterocycles. The molecular formula is C22H23FN4O2. The highest BCUT2D eigenvalue weighted by molar-refractivity contribution is 6.10. The van der Waals surface area contributed by atoms with Gasteiger partial charge in [0, 0.05) is 5.56 Å². The summed E-state index contributed by atoms with van der Waals surface area (Å²) in [6.07, 6.45) is 2.32. The predicted octanol–water partition coefficient (Wildman–Crippen LogP) is 4.21. The summed E-state index contributed by atoms with van der Waals surface area (Å²) in [5.74, 6) is 0.981. The van der Waals surface area contributed by atoms with Gasteiger partial charge in [-0.2, -0.15) is 5.10 Å². The van der Waals surface area contributed by atoms with Crippen molar-refractivity contribution in [3.63, 3.8) is 0 Å². The molecule has 1 aliphatic heterocycles. The Kier molecular flexibility index (Phi) is 4.82. The van der Waals surface area contributed by atoms with Crippen LogP contribution in [0.4, 0.5) is 10.2 Å². The summed E-state index contributed by atoms with van der Waals surface area (Å²) in [7, 11) is 1.57. The molecule has 0 aliphatic carbocycles. The minimum atomic E-state index is -0.425. The first-order valence-electron chi connectivity index (χ1n) is 9.57. The number of rotatable bonds is 5. The lowest BCUT2D eigenvalue weighted by atomic mass is 9.93. The number of hydrogen-bond acceptors (Lipinski definition) is 4. The second kappa shape index (κ2) is 7.31. The van der Waals surface area contributed by atoms with E-state index in [0.29, 0.717) is 23.2 Å². The maximum Gasteiger partial charge on any atom is 0.278 e. The van der Waals surface area contributed by atoms with Gasteiger partial charge < -0.3 is 4.74 Å². The number of nitrogens with zero attached hydrogens (tertiary/aromatic N) is 3. The van der Waals surface area contributed by atoms with Crippen LogP contribution < -0.4 is 9.64 Å². The smallest absolute Gasteiger partial charge is 0.278 e. The Labute approximate surface area is 168 Å². The topological polar surface area (TPSA) is 71.1 Å². The molecule has 150 valence electrons. The van der Waals surface area contributed by atoms with E-state index in [0.717, 1.165) is 28.8 Å². The second-order valence-electron chi connectivity index (χ2n) is 7.69. The van der Waals surface area contributed by atoms with Gasteiger partial charge in [-0.1, -0.05) is 19.9 Å². The van der Waals surface area contributed by atoms with Gasteiger partial charge >= 0.3 is 0 Å². The highest BCUT2D eigenvalue weighted by atomic mass is 19.1. The summed E-state index contributed by atoms with van der Waals surface area (Å²) >= 11 is 0. The molecule has 1 aromatic carbocycles. The third-order valence-electron chi connectivity index (χ3n) is 5.18. The Morgan fingerprint density at radius 3 is 2.69 bits per heavy atom. The van der Waals surface area contributed by atoms with Crippen molar-refractivity contribution < 1.29 is 13.9 Å². The Hall–Kier alpha value is -3.22. The molecule has 1 N–H and O–H groups in total. The molecule has 7 heteroatoms. The number of anilines is 1. The number of hydrogen-bond donors (Lipinski definition) is 1. The molecule has 3 aromatic rings. The van der Waals surface area contributed by atoms with Gasteiger partial charge in [0.15, 0.2) is 0 Å². The van der Waals surface area contributed by atoms with Crippen LogP contribution in [0.2, 0.25) is 0 Å². The SMILES string of the molecule is COc1ccc(N2C(=O)c3[nH]nc(CC(C)C)c3C2c2ccc(F)cc2C)nc1. The summed E-state index contributed by atoms with van der Waals surface area (Å²) in [5, 5.41) is 7.35. The number of pyridine rings is 1. The number of nitrogens with one attached hydrogen (secondary N) is 1. The molecule has 0 fully saturated rings. The first-order valence-corrected chi connectivity index (χ1v) is 9.57. The van der Waals surface area contributed by atoms with E-state index in [2.05, 4.69) is 29.0 Å². The molecule has 0 spiro atoms. The van der Waals surface area contributed by atoms with E-state index < -0.39 is 6.04 Å². The van der Waals surface area contributed by atoms with Gasteiger partial charge in [0.1, 0.15) is 23.1 Å². The number of aromatic amines is 1. The number of methoxy groups -OCH3 is 1. The number of H-pyrrole nitrogens is 1. The van der Waals surface area contributed by atoms with E-state index in [1.165, 1.54) is 12.1 Å². The van der Waals surface area contributed by atoms with Crippen LogP contribution in [0.25, 0.3) is 0 Å². The van der Waals surface area contributed by atoms with Crippen molar-refractivity contribution in [2.75, 3.05) is 12.0 Å².